The molecule has 1 fully saturated rings. The van der Waals surface area contributed by atoms with E-state index in [4.69, 9.17) is 9.20 Å². The molecule has 2 aromatic rings. The average molecular weight is 443 g/mol. The number of hydrogen-bond donors (Lipinski definition) is 4. The normalized spacial score (nSPS) is 18.2. The van der Waals surface area contributed by atoms with E-state index < -0.39 is 21.5 Å². The Hall–Kier alpha value is -2.26. The Morgan fingerprint density at radius 3 is 2.61 bits per heavy atom. The number of hydrogen-bond acceptors (Lipinski definition) is 5. The summed E-state index contributed by atoms with van der Waals surface area (Å²) in [7, 11) is -1.58. The smallest absolute Gasteiger partial charge is 0.332 e. The predicted octanol–water partition coefficient (Wildman–Crippen LogP) is 2.74. The van der Waals surface area contributed by atoms with Crippen molar-refractivity contribution in [3.63, 3.8) is 0 Å². The molecule has 31 heavy (non-hydrogen) atoms. The molecule has 1 heterocycles. The summed E-state index contributed by atoms with van der Waals surface area (Å²) in [5.41, 5.74) is 4.86. The highest BCUT2D eigenvalue weighted by molar-refractivity contribution is 7.91. The van der Waals surface area contributed by atoms with Crippen LogP contribution in [0.15, 0.2) is 27.9 Å². The lowest BCUT2D eigenvalue weighted by Gasteiger charge is -2.27. The second kappa shape index (κ2) is 8.02. The molecule has 1 aromatic heterocycles. The summed E-state index contributed by atoms with van der Waals surface area (Å²) in [5, 5.41) is 12.8. The van der Waals surface area contributed by atoms with Gasteiger partial charge in [-0.3, -0.25) is 0 Å². The highest BCUT2D eigenvalue weighted by Crippen LogP contribution is 2.36. The quantitative estimate of drug-likeness (QED) is 0.514. The second-order valence-corrected chi connectivity index (χ2v) is 11.1. The summed E-state index contributed by atoms with van der Waals surface area (Å²) in [5.74, 6) is 0.645. The molecule has 0 bridgehead atoms. The van der Waals surface area contributed by atoms with Gasteiger partial charge in [-0.2, -0.15) is 0 Å². The van der Waals surface area contributed by atoms with Crippen LogP contribution in [0.2, 0.25) is 0 Å². The number of carbonyl (C=O) groups is 1. The first-order valence-corrected chi connectivity index (χ1v) is 12.4. The summed E-state index contributed by atoms with van der Waals surface area (Å²) >= 11 is 0. The van der Waals surface area contributed by atoms with Crippen LogP contribution in [0, 0.1) is 10.7 Å². The standard InChI is InChI=1S/C22H30BN3O4S/c1-22(2,28)15-11-19(30-12-15)31(24,29)26-21(27)25-20-14(9-13-5-3-6-13)10-18(23)16-7-4-8-17(16)20/h10-13,28H,3-9,23H2,1-2H3,(H3,24,25,26,27,29). The summed E-state index contributed by atoms with van der Waals surface area (Å²) in [6, 6.07) is 2.84. The van der Waals surface area contributed by atoms with Crippen LogP contribution in [0.1, 0.15) is 61.8 Å². The van der Waals surface area contributed by atoms with Crippen molar-refractivity contribution in [1.82, 2.24) is 4.72 Å². The Morgan fingerprint density at radius 1 is 1.29 bits per heavy atom. The summed E-state index contributed by atoms with van der Waals surface area (Å²) in [6.45, 7) is 3.13. The first-order valence-electron chi connectivity index (χ1n) is 10.9. The van der Waals surface area contributed by atoms with Gasteiger partial charge in [-0.25, -0.2) is 18.5 Å². The Bertz CT molecular complexity index is 1110. The number of benzene rings is 1. The summed E-state index contributed by atoms with van der Waals surface area (Å²) in [6.07, 6.45) is 8.83. The minimum atomic E-state index is -3.71. The van der Waals surface area contributed by atoms with Crippen molar-refractivity contribution < 1.29 is 18.5 Å². The van der Waals surface area contributed by atoms with E-state index in [1.165, 1.54) is 48.2 Å². The van der Waals surface area contributed by atoms with Crippen molar-refractivity contribution in [2.24, 2.45) is 5.92 Å². The number of nitrogens with one attached hydrogen (secondary N) is 3. The van der Waals surface area contributed by atoms with E-state index in [2.05, 4.69) is 24.0 Å². The number of furan rings is 1. The van der Waals surface area contributed by atoms with Gasteiger partial charge in [0.15, 0.2) is 9.92 Å². The summed E-state index contributed by atoms with van der Waals surface area (Å²) < 4.78 is 28.5. The molecule has 7 nitrogen and oxygen atoms in total. The highest BCUT2D eigenvalue weighted by Gasteiger charge is 2.27. The molecule has 0 saturated heterocycles. The van der Waals surface area contributed by atoms with Crippen LogP contribution >= 0.6 is 0 Å². The van der Waals surface area contributed by atoms with Crippen LogP contribution in [0.25, 0.3) is 0 Å². The van der Waals surface area contributed by atoms with Crippen LogP contribution in [0.3, 0.4) is 0 Å². The Morgan fingerprint density at radius 2 is 2.00 bits per heavy atom. The maximum Gasteiger partial charge on any atom is 0.332 e. The third-order valence-electron chi connectivity index (χ3n) is 6.48. The third kappa shape index (κ3) is 4.53. The Kier molecular flexibility index (Phi) is 5.68. The number of aliphatic hydroxyl groups is 1. The lowest BCUT2D eigenvalue weighted by Crippen LogP contribution is -2.34. The van der Waals surface area contributed by atoms with Crippen molar-refractivity contribution in [3.8, 4) is 0 Å². The van der Waals surface area contributed by atoms with Crippen molar-refractivity contribution >= 4 is 34.9 Å². The van der Waals surface area contributed by atoms with Gasteiger partial charge in [0.1, 0.15) is 7.85 Å². The SMILES string of the molecule is Bc1cc(CC2CCC2)c(NC(=O)NS(=N)(=O)c2cc(C(C)(C)O)co2)c2c1CCC2. The molecule has 4 N–H and O–H groups in total. The zero-order chi connectivity index (χ0) is 22.4. The maximum atomic E-state index is 12.9. The van der Waals surface area contributed by atoms with Gasteiger partial charge in [-0.05, 0) is 62.1 Å². The molecule has 2 aliphatic carbocycles. The van der Waals surface area contributed by atoms with E-state index in [0.29, 0.717) is 11.5 Å². The van der Waals surface area contributed by atoms with Gasteiger partial charge in [0, 0.05) is 17.3 Å². The van der Waals surface area contributed by atoms with Crippen LogP contribution in [0.4, 0.5) is 10.5 Å². The molecule has 166 valence electrons. The van der Waals surface area contributed by atoms with Gasteiger partial charge >= 0.3 is 6.03 Å². The van der Waals surface area contributed by atoms with Crippen LogP contribution in [-0.2, 0) is 34.8 Å². The van der Waals surface area contributed by atoms with Crippen molar-refractivity contribution in [1.29, 1.82) is 4.78 Å². The largest absolute Gasteiger partial charge is 0.452 e. The van der Waals surface area contributed by atoms with Gasteiger partial charge < -0.3 is 14.8 Å². The number of urea groups is 1. The van der Waals surface area contributed by atoms with Crippen molar-refractivity contribution in [2.45, 2.75) is 69.5 Å². The van der Waals surface area contributed by atoms with Crippen molar-refractivity contribution in [2.75, 3.05) is 5.32 Å². The zero-order valence-electron chi connectivity index (χ0n) is 18.3. The Labute approximate surface area is 184 Å². The molecule has 0 radical (unpaired) electrons. The van der Waals surface area contributed by atoms with E-state index in [1.54, 1.807) is 13.8 Å². The van der Waals surface area contributed by atoms with Gasteiger partial charge in [0.2, 0.25) is 5.09 Å². The molecule has 2 aliphatic rings. The van der Waals surface area contributed by atoms with Gasteiger partial charge in [-0.15, -0.1) is 0 Å². The van der Waals surface area contributed by atoms with E-state index in [1.807, 2.05) is 0 Å². The first kappa shape index (κ1) is 22.0. The van der Waals surface area contributed by atoms with E-state index >= 15 is 0 Å². The minimum Gasteiger partial charge on any atom is -0.452 e. The molecule has 9 heteroatoms. The average Bonchev–Trinajstić information content (AvgIpc) is 3.30. The fourth-order valence-corrected chi connectivity index (χ4v) is 5.39. The predicted molar refractivity (Wildman–Crippen MR) is 123 cm³/mol. The topological polar surface area (TPSA) is 115 Å². The molecule has 1 unspecified atom stereocenters. The highest BCUT2D eigenvalue weighted by atomic mass is 32.2. The molecule has 0 spiro atoms. The van der Waals surface area contributed by atoms with Crippen LogP contribution in [0.5, 0.6) is 0 Å². The molecule has 1 aromatic carbocycles. The van der Waals surface area contributed by atoms with Gasteiger partial charge in [0.05, 0.1) is 11.9 Å². The van der Waals surface area contributed by atoms with Gasteiger partial charge in [0.25, 0.3) is 0 Å². The van der Waals surface area contributed by atoms with E-state index in [0.717, 1.165) is 36.9 Å². The minimum absolute atomic E-state index is 0.191. The van der Waals surface area contributed by atoms with Crippen molar-refractivity contribution in [3.05, 3.63) is 40.6 Å². The summed E-state index contributed by atoms with van der Waals surface area (Å²) in [4.78, 5) is 12.8. The molecular weight excluding hydrogens is 413 g/mol. The lowest BCUT2D eigenvalue weighted by atomic mass is 9.78. The maximum absolute atomic E-state index is 12.9. The van der Waals surface area contributed by atoms with Gasteiger partial charge in [-0.1, -0.05) is 30.8 Å². The third-order valence-corrected chi connectivity index (χ3v) is 7.73. The zero-order valence-corrected chi connectivity index (χ0v) is 19.2. The molecular formula is C22H30BN3O4S. The fourth-order valence-electron chi connectivity index (χ4n) is 4.50. The Balaban J connectivity index is 1.57. The fraction of sp³-hybridized carbons (Fsp3) is 0.500. The lowest BCUT2D eigenvalue weighted by molar-refractivity contribution is 0.0779. The van der Waals surface area contributed by atoms with Crippen LogP contribution in [-0.4, -0.2) is 23.2 Å². The number of rotatable bonds is 6. The number of amides is 2. The molecule has 0 aliphatic heterocycles. The number of fused-ring (bicyclic) bond motifs is 1. The monoisotopic (exact) mass is 443 g/mol. The number of carbonyl (C=O) groups excluding carboxylic acids is 1. The van der Waals surface area contributed by atoms with Crippen LogP contribution < -0.4 is 15.5 Å². The molecule has 2 amide bonds. The molecule has 4 rings (SSSR count). The first-order chi connectivity index (χ1) is 14.5. The molecule has 1 atom stereocenters. The second-order valence-electron chi connectivity index (χ2n) is 9.37. The molecule has 1 saturated carbocycles. The van der Waals surface area contributed by atoms with E-state index in [-0.39, 0.29) is 5.09 Å². The van der Waals surface area contributed by atoms with E-state index in [9.17, 15) is 14.1 Å². The number of anilines is 1.